The summed E-state index contributed by atoms with van der Waals surface area (Å²) in [6.07, 6.45) is 11.7. The number of fused-ring (bicyclic) bond motifs is 1. The van der Waals surface area contributed by atoms with E-state index in [1.54, 1.807) is 35.7 Å². The minimum atomic E-state index is -0.704. The van der Waals surface area contributed by atoms with E-state index >= 15 is 0 Å². The van der Waals surface area contributed by atoms with E-state index in [2.05, 4.69) is 20.1 Å². The molecule has 2 bridgehead atoms. The quantitative estimate of drug-likeness (QED) is 0.255. The smallest absolute Gasteiger partial charge is 0.311 e. The zero-order chi connectivity index (χ0) is 26.1. The number of rotatable bonds is 11. The summed E-state index contributed by atoms with van der Waals surface area (Å²) in [6.45, 7) is 12.0. The van der Waals surface area contributed by atoms with Crippen LogP contribution in [0.25, 0.3) is 0 Å². The summed E-state index contributed by atoms with van der Waals surface area (Å²) in [5.74, 6) is -1.81. The van der Waals surface area contributed by atoms with Gasteiger partial charge in [-0.15, -0.1) is 24.9 Å². The Balaban J connectivity index is 1.70. The van der Waals surface area contributed by atoms with Gasteiger partial charge < -0.3 is 19.6 Å². The number of amides is 2. The predicted octanol–water partition coefficient (Wildman–Crippen LogP) is 3.71. The highest BCUT2D eigenvalue weighted by molar-refractivity contribution is 8.02. The van der Waals surface area contributed by atoms with Gasteiger partial charge in [0.25, 0.3) is 0 Å². The lowest BCUT2D eigenvalue weighted by Gasteiger charge is -2.42. The monoisotopic (exact) mass is 518 g/mol. The summed E-state index contributed by atoms with van der Waals surface area (Å²) >= 11 is 1.65. The van der Waals surface area contributed by atoms with Crippen LogP contribution in [0.2, 0.25) is 0 Å². The number of aliphatic hydroxyl groups excluding tert-OH is 1. The molecule has 6 atom stereocenters. The first-order chi connectivity index (χ1) is 17.3. The van der Waals surface area contributed by atoms with Gasteiger partial charge in [0.15, 0.2) is 0 Å². The van der Waals surface area contributed by atoms with Crippen LogP contribution >= 0.6 is 11.8 Å². The van der Waals surface area contributed by atoms with Gasteiger partial charge in [-0.2, -0.15) is 0 Å². The molecule has 1 saturated carbocycles. The SMILES string of the molecule is C=CCCCOC(=O)[C@@H]1[C@H]2C(=O)N([C@H](C)CO)C(C(=O)N(CC=C)C3CCCCC3)C23CC[C@@]1(C)S3. The summed E-state index contributed by atoms with van der Waals surface area (Å²) in [7, 11) is 0. The zero-order valence-corrected chi connectivity index (χ0v) is 22.6. The summed E-state index contributed by atoms with van der Waals surface area (Å²) < 4.78 is 4.53. The van der Waals surface area contributed by atoms with Crippen LogP contribution in [0.15, 0.2) is 25.3 Å². The van der Waals surface area contributed by atoms with Crippen LogP contribution in [-0.2, 0) is 19.1 Å². The van der Waals surface area contributed by atoms with Crippen molar-refractivity contribution in [1.29, 1.82) is 0 Å². The highest BCUT2D eigenvalue weighted by Crippen LogP contribution is 2.71. The molecule has 2 unspecified atom stereocenters. The molecule has 3 saturated heterocycles. The summed E-state index contributed by atoms with van der Waals surface area (Å²) in [5.41, 5.74) is 0. The van der Waals surface area contributed by atoms with Gasteiger partial charge in [0.2, 0.25) is 11.8 Å². The molecule has 0 radical (unpaired) electrons. The molecular formula is C28H42N2O5S. The van der Waals surface area contributed by atoms with Crippen molar-refractivity contribution in [3.05, 3.63) is 25.3 Å². The molecule has 1 aliphatic carbocycles. The molecule has 3 aliphatic heterocycles. The first kappa shape index (κ1) is 27.2. The van der Waals surface area contributed by atoms with Crippen molar-refractivity contribution in [3.63, 3.8) is 0 Å². The number of thioether (sulfide) groups is 1. The van der Waals surface area contributed by atoms with Crippen molar-refractivity contribution in [2.24, 2.45) is 11.8 Å². The zero-order valence-electron chi connectivity index (χ0n) is 21.8. The average Bonchev–Trinajstić information content (AvgIpc) is 3.45. The highest BCUT2D eigenvalue weighted by atomic mass is 32.2. The largest absolute Gasteiger partial charge is 0.465 e. The van der Waals surface area contributed by atoms with Gasteiger partial charge in [-0.05, 0) is 52.4 Å². The Hall–Kier alpha value is -1.80. The number of nitrogens with zero attached hydrogens (tertiary/aromatic N) is 2. The Morgan fingerprint density at radius 3 is 2.61 bits per heavy atom. The maximum atomic E-state index is 14.4. The van der Waals surface area contributed by atoms with Crippen molar-refractivity contribution in [1.82, 2.24) is 9.80 Å². The lowest BCUT2D eigenvalue weighted by molar-refractivity contribution is -0.156. The van der Waals surface area contributed by atoms with Crippen LogP contribution in [0.3, 0.4) is 0 Å². The van der Waals surface area contributed by atoms with Crippen LogP contribution in [0.4, 0.5) is 0 Å². The first-order valence-electron chi connectivity index (χ1n) is 13.6. The number of likely N-dealkylation sites (tertiary alicyclic amines) is 1. The number of unbranched alkanes of at least 4 members (excludes halogenated alkanes) is 1. The molecule has 0 aromatic carbocycles. The lowest BCUT2D eigenvalue weighted by Crippen LogP contribution is -2.58. The van der Waals surface area contributed by atoms with Gasteiger partial charge in [-0.1, -0.05) is 31.4 Å². The third kappa shape index (κ3) is 4.42. The predicted molar refractivity (Wildman–Crippen MR) is 141 cm³/mol. The standard InChI is InChI=1S/C28H42N2O5S/c1-5-7-11-17-35-26(34)22-21-24(32)30(19(3)18-31)23(28(21)15-14-27(22,4)36-28)25(33)29(16-6-2)20-12-9-8-10-13-20/h5-6,19-23,31H,1-2,7-18H2,3-4H3/t19-,21+,22+,23?,27-,28?/m1/s1. The molecule has 0 aromatic rings. The number of carbonyl (C=O) groups is 3. The van der Waals surface area contributed by atoms with Gasteiger partial charge in [0.1, 0.15) is 6.04 Å². The van der Waals surface area contributed by atoms with Crippen LogP contribution in [0, 0.1) is 11.8 Å². The topological polar surface area (TPSA) is 87.1 Å². The number of esters is 1. The molecule has 1 spiro atoms. The van der Waals surface area contributed by atoms with E-state index in [1.807, 2.05) is 4.90 Å². The summed E-state index contributed by atoms with van der Waals surface area (Å²) in [4.78, 5) is 45.4. The van der Waals surface area contributed by atoms with Crippen molar-refractivity contribution < 1.29 is 24.2 Å². The van der Waals surface area contributed by atoms with Crippen LogP contribution < -0.4 is 0 Å². The van der Waals surface area contributed by atoms with E-state index in [1.165, 1.54) is 6.42 Å². The maximum absolute atomic E-state index is 14.4. The van der Waals surface area contributed by atoms with Crippen molar-refractivity contribution >= 4 is 29.5 Å². The van der Waals surface area contributed by atoms with Crippen LogP contribution in [-0.4, -0.2) is 80.1 Å². The average molecular weight is 519 g/mol. The normalized spacial score (nSPS) is 34.4. The van der Waals surface area contributed by atoms with Gasteiger partial charge >= 0.3 is 5.97 Å². The number of allylic oxidation sites excluding steroid dienone is 1. The number of aliphatic hydroxyl groups is 1. The molecule has 8 heteroatoms. The molecule has 36 heavy (non-hydrogen) atoms. The van der Waals surface area contributed by atoms with Gasteiger partial charge in [-0.3, -0.25) is 14.4 Å². The Morgan fingerprint density at radius 2 is 1.97 bits per heavy atom. The fourth-order valence-corrected chi connectivity index (χ4v) is 9.49. The van der Waals surface area contributed by atoms with E-state index < -0.39 is 33.4 Å². The summed E-state index contributed by atoms with van der Waals surface area (Å²) in [5, 5.41) is 10.1. The van der Waals surface area contributed by atoms with Crippen molar-refractivity contribution in [3.8, 4) is 0 Å². The van der Waals surface area contributed by atoms with E-state index in [4.69, 9.17) is 4.74 Å². The second-order valence-corrected chi connectivity index (χ2v) is 13.1. The molecule has 4 aliphatic rings. The minimum absolute atomic E-state index is 0.0605. The molecule has 3 heterocycles. The van der Waals surface area contributed by atoms with Gasteiger partial charge in [0.05, 0.1) is 35.8 Å². The van der Waals surface area contributed by atoms with Crippen molar-refractivity contribution in [2.45, 2.75) is 99.3 Å². The lowest BCUT2D eigenvalue weighted by atomic mass is 9.66. The number of ether oxygens (including phenoxy) is 1. The van der Waals surface area contributed by atoms with Crippen molar-refractivity contribution in [2.75, 3.05) is 19.8 Å². The van der Waals surface area contributed by atoms with E-state index in [0.717, 1.165) is 38.5 Å². The first-order valence-corrected chi connectivity index (χ1v) is 14.4. The number of hydrogen-bond acceptors (Lipinski definition) is 6. The third-order valence-corrected chi connectivity index (χ3v) is 10.8. The Kier molecular flexibility index (Phi) is 8.25. The molecular weight excluding hydrogens is 476 g/mol. The Morgan fingerprint density at radius 1 is 1.25 bits per heavy atom. The second-order valence-electron chi connectivity index (χ2n) is 11.2. The maximum Gasteiger partial charge on any atom is 0.311 e. The van der Waals surface area contributed by atoms with Gasteiger partial charge in [-0.25, -0.2) is 0 Å². The molecule has 4 fully saturated rings. The van der Waals surface area contributed by atoms with Gasteiger partial charge in [0, 0.05) is 17.3 Å². The van der Waals surface area contributed by atoms with E-state index in [0.29, 0.717) is 26.0 Å². The highest BCUT2D eigenvalue weighted by Gasteiger charge is 2.78. The fraction of sp³-hybridized carbons (Fsp3) is 0.750. The molecule has 1 N–H and O–H groups in total. The summed E-state index contributed by atoms with van der Waals surface area (Å²) in [6, 6.07) is -1.09. The van der Waals surface area contributed by atoms with E-state index in [-0.39, 0.29) is 30.4 Å². The fourth-order valence-electron chi connectivity index (χ4n) is 7.16. The molecule has 0 aromatic heterocycles. The molecule has 4 rings (SSSR count). The van der Waals surface area contributed by atoms with Crippen LogP contribution in [0.1, 0.15) is 71.6 Å². The Labute approximate surface area is 219 Å². The molecule has 7 nitrogen and oxygen atoms in total. The number of hydrogen-bond donors (Lipinski definition) is 1. The molecule has 2 amide bonds. The minimum Gasteiger partial charge on any atom is -0.465 e. The number of carbonyl (C=O) groups excluding carboxylic acids is 3. The third-order valence-electron chi connectivity index (χ3n) is 8.86. The van der Waals surface area contributed by atoms with Crippen LogP contribution in [0.5, 0.6) is 0 Å². The Bertz CT molecular complexity index is 889. The molecule has 200 valence electrons. The van der Waals surface area contributed by atoms with E-state index in [9.17, 15) is 19.5 Å². The second kappa shape index (κ2) is 10.9.